The first kappa shape index (κ1) is 23.7. The average Bonchev–Trinajstić information content (AvgIpc) is 3.60. The van der Waals surface area contributed by atoms with E-state index >= 15 is 0 Å². The molecule has 192 valence electrons. The summed E-state index contributed by atoms with van der Waals surface area (Å²) < 4.78 is 35.1. The summed E-state index contributed by atoms with van der Waals surface area (Å²) in [4.78, 5) is 23.2. The largest absolute Gasteiger partial charge is 0.491 e. The number of rotatable bonds is 4. The highest BCUT2D eigenvalue weighted by Crippen LogP contribution is 2.31. The number of carbonyl (C=O) groups excluding carboxylic acids is 1. The fourth-order valence-corrected chi connectivity index (χ4v) is 6.78. The van der Waals surface area contributed by atoms with Gasteiger partial charge in [0.05, 0.1) is 17.6 Å². The molecule has 1 fully saturated rings. The van der Waals surface area contributed by atoms with Crippen LogP contribution < -0.4 is 4.74 Å². The first-order chi connectivity index (χ1) is 17.8. The van der Waals surface area contributed by atoms with Crippen molar-refractivity contribution in [1.29, 1.82) is 0 Å². The molecule has 0 saturated carbocycles. The summed E-state index contributed by atoms with van der Waals surface area (Å²) in [6.07, 6.45) is 3.26. The first-order valence-corrected chi connectivity index (χ1v) is 13.9. The lowest BCUT2D eigenvalue weighted by Crippen LogP contribution is -2.33. The minimum absolute atomic E-state index is 0.165. The molecule has 0 radical (unpaired) electrons. The molecule has 0 spiro atoms. The number of hydrogen-bond donors (Lipinski definition) is 1. The quantitative estimate of drug-likeness (QED) is 0.443. The Morgan fingerprint density at radius 3 is 2.59 bits per heavy atom. The second kappa shape index (κ2) is 9.04. The molecule has 9 nitrogen and oxygen atoms in total. The molecule has 2 aliphatic rings. The maximum absolute atomic E-state index is 13.6. The number of nitrogens with zero attached hydrogens (tertiary/aromatic N) is 4. The van der Waals surface area contributed by atoms with E-state index in [-0.39, 0.29) is 10.8 Å². The van der Waals surface area contributed by atoms with E-state index in [9.17, 15) is 13.2 Å². The third-order valence-corrected chi connectivity index (χ3v) is 9.03. The summed E-state index contributed by atoms with van der Waals surface area (Å²) in [6.45, 7) is 4.11. The highest BCUT2D eigenvalue weighted by Gasteiger charge is 2.31. The van der Waals surface area contributed by atoms with Crippen LogP contribution in [0.15, 0.2) is 53.6 Å². The van der Waals surface area contributed by atoms with Crippen LogP contribution in [0.4, 0.5) is 0 Å². The normalized spacial score (nSPS) is 16.5. The zero-order valence-corrected chi connectivity index (χ0v) is 21.7. The van der Waals surface area contributed by atoms with E-state index in [4.69, 9.17) is 4.74 Å². The smallest absolute Gasteiger partial charge is 0.270 e. The summed E-state index contributed by atoms with van der Waals surface area (Å²) in [5.74, 6) is 1.40. The number of fused-ring (bicyclic) bond motifs is 2. The predicted octanol–water partition coefficient (Wildman–Crippen LogP) is 3.70. The number of sulfonamides is 1. The average molecular weight is 520 g/mol. The molecule has 10 heteroatoms. The van der Waals surface area contributed by atoms with E-state index in [1.807, 2.05) is 31.2 Å². The Labute approximate surface area is 215 Å². The molecule has 4 aromatic rings. The predicted molar refractivity (Wildman–Crippen MR) is 140 cm³/mol. The molecule has 2 aromatic heterocycles. The molecule has 0 aliphatic carbocycles. The number of carbonyl (C=O) groups is 1. The molecular weight excluding hydrogens is 490 g/mol. The highest BCUT2D eigenvalue weighted by atomic mass is 32.2. The number of imidazole rings is 1. The zero-order valence-electron chi connectivity index (χ0n) is 20.9. The van der Waals surface area contributed by atoms with Gasteiger partial charge >= 0.3 is 0 Å². The Bertz CT molecular complexity index is 1610. The Morgan fingerprint density at radius 2 is 1.78 bits per heavy atom. The van der Waals surface area contributed by atoms with Gasteiger partial charge in [0.15, 0.2) is 0 Å². The number of aromatic amines is 1. The van der Waals surface area contributed by atoms with Gasteiger partial charge in [-0.2, -0.15) is 4.31 Å². The molecule has 0 atom stereocenters. The van der Waals surface area contributed by atoms with Crippen molar-refractivity contribution in [2.45, 2.75) is 31.2 Å². The van der Waals surface area contributed by atoms with Crippen LogP contribution in [0, 0.1) is 6.92 Å². The monoisotopic (exact) mass is 519 g/mol. The lowest BCUT2D eigenvalue weighted by atomic mass is 10.0. The summed E-state index contributed by atoms with van der Waals surface area (Å²) in [7, 11) is -1.89. The maximum Gasteiger partial charge on any atom is 0.270 e. The highest BCUT2D eigenvalue weighted by molar-refractivity contribution is 7.89. The summed E-state index contributed by atoms with van der Waals surface area (Å²) in [5, 5.41) is 0. The summed E-state index contributed by atoms with van der Waals surface area (Å²) in [6, 6.07) is 13.6. The van der Waals surface area contributed by atoms with E-state index in [1.165, 1.54) is 16.6 Å². The van der Waals surface area contributed by atoms with E-state index in [0.717, 1.165) is 52.1 Å². The molecule has 2 aliphatic heterocycles. The van der Waals surface area contributed by atoms with E-state index in [0.29, 0.717) is 38.5 Å². The third-order valence-electron chi connectivity index (χ3n) is 7.16. The van der Waals surface area contributed by atoms with Crippen LogP contribution in [-0.2, 0) is 23.6 Å². The number of amides is 1. The Hall–Kier alpha value is -3.63. The number of H-pyrrole nitrogens is 1. The minimum Gasteiger partial charge on any atom is -0.491 e. The molecular formula is C27H29N5O4S. The van der Waals surface area contributed by atoms with Crippen molar-refractivity contribution in [2.75, 3.05) is 26.2 Å². The molecule has 37 heavy (non-hydrogen) atoms. The standard InChI is InChI=1S/C27H29N5O4S/c1-18-28-23-7-5-20(14-24(23)29-18)19-6-8-26-21(13-19)16-31(11-12-36-26)27(33)25-15-22(17-30(25)2)37(34,35)32-9-3-4-10-32/h5-8,13-15,17H,3-4,9-12,16H2,1-2H3,(H,28,29). The van der Waals surface area contributed by atoms with E-state index < -0.39 is 10.0 Å². The van der Waals surface area contributed by atoms with Crippen LogP contribution >= 0.6 is 0 Å². The number of benzene rings is 2. The van der Waals surface area contributed by atoms with E-state index in [1.54, 1.807) is 16.5 Å². The third kappa shape index (κ3) is 4.30. The van der Waals surface area contributed by atoms with Crippen LogP contribution in [0.25, 0.3) is 22.2 Å². The SMILES string of the molecule is Cc1nc2ccc(-c3ccc4c(c3)CN(C(=O)c3cc(S(=O)(=O)N5CCCC5)cn3C)CCO4)cc2[nH]1. The Balaban J connectivity index is 1.28. The maximum atomic E-state index is 13.6. The molecule has 2 aromatic carbocycles. The number of nitrogens with one attached hydrogen (secondary N) is 1. The Morgan fingerprint density at radius 1 is 1.03 bits per heavy atom. The van der Waals surface area contributed by atoms with Gasteiger partial charge in [-0.1, -0.05) is 12.1 Å². The molecule has 0 unspecified atom stereocenters. The molecule has 6 rings (SSSR count). The van der Waals surface area contributed by atoms with Gasteiger partial charge in [0.1, 0.15) is 28.8 Å². The summed E-state index contributed by atoms with van der Waals surface area (Å²) >= 11 is 0. The molecule has 0 bridgehead atoms. The van der Waals surface area contributed by atoms with Gasteiger partial charge < -0.3 is 19.2 Å². The molecule has 1 N–H and O–H groups in total. The lowest BCUT2D eigenvalue weighted by molar-refractivity contribution is 0.0723. The fraction of sp³-hybridized carbons (Fsp3) is 0.333. The first-order valence-electron chi connectivity index (χ1n) is 12.5. The van der Waals surface area contributed by atoms with Crippen LogP contribution in [0.5, 0.6) is 5.75 Å². The number of aromatic nitrogens is 3. The molecule has 1 amide bonds. The van der Waals surface area contributed by atoms with E-state index in [2.05, 4.69) is 22.1 Å². The van der Waals surface area contributed by atoms with Gasteiger partial charge in [0, 0.05) is 38.4 Å². The fourth-order valence-electron chi connectivity index (χ4n) is 5.19. The van der Waals surface area contributed by atoms with Crippen molar-refractivity contribution in [3.05, 3.63) is 65.7 Å². The van der Waals surface area contributed by atoms with Crippen molar-refractivity contribution in [3.8, 4) is 16.9 Å². The van der Waals surface area contributed by atoms with Crippen LogP contribution in [0.1, 0.15) is 34.7 Å². The number of ether oxygens (including phenoxy) is 1. The van der Waals surface area contributed by atoms with Gasteiger partial charge in [0.2, 0.25) is 10.0 Å². The minimum atomic E-state index is -3.60. The van der Waals surface area contributed by atoms with Crippen LogP contribution in [0.2, 0.25) is 0 Å². The van der Waals surface area contributed by atoms with Gasteiger partial charge in [0.25, 0.3) is 5.91 Å². The lowest BCUT2D eigenvalue weighted by Gasteiger charge is -2.20. The van der Waals surface area contributed by atoms with Gasteiger partial charge in [-0.15, -0.1) is 0 Å². The van der Waals surface area contributed by atoms with Crippen molar-refractivity contribution in [1.82, 2.24) is 23.7 Å². The summed E-state index contributed by atoms with van der Waals surface area (Å²) in [5.41, 5.74) is 5.20. The van der Waals surface area contributed by atoms with Crippen LogP contribution in [0.3, 0.4) is 0 Å². The van der Waals surface area contributed by atoms with Gasteiger partial charge in [-0.3, -0.25) is 4.79 Å². The molecule has 4 heterocycles. The van der Waals surface area contributed by atoms with Crippen molar-refractivity contribution in [2.24, 2.45) is 7.05 Å². The second-order valence-corrected chi connectivity index (χ2v) is 11.7. The Kier molecular flexibility index (Phi) is 5.80. The second-order valence-electron chi connectivity index (χ2n) is 9.73. The topological polar surface area (TPSA) is 101 Å². The van der Waals surface area contributed by atoms with Gasteiger partial charge in [-0.05, 0) is 61.2 Å². The zero-order chi connectivity index (χ0) is 25.7. The van der Waals surface area contributed by atoms with Crippen molar-refractivity contribution < 1.29 is 17.9 Å². The number of aryl methyl sites for hydroxylation is 2. The van der Waals surface area contributed by atoms with Crippen LogP contribution in [-0.4, -0.2) is 64.3 Å². The number of hydrogen-bond acceptors (Lipinski definition) is 5. The van der Waals surface area contributed by atoms with Crippen molar-refractivity contribution in [3.63, 3.8) is 0 Å². The molecule has 1 saturated heterocycles. The van der Waals surface area contributed by atoms with Crippen molar-refractivity contribution >= 4 is 27.0 Å². The van der Waals surface area contributed by atoms with Gasteiger partial charge in [-0.25, -0.2) is 13.4 Å².